The molecule has 0 bridgehead atoms. The molecule has 0 heterocycles. The number of carbonyl (C=O) groups is 1. The Balaban J connectivity index is 2.75. The van der Waals surface area contributed by atoms with Crippen LogP contribution < -0.4 is 5.73 Å². The minimum Gasteiger partial charge on any atom is -0.508 e. The van der Waals surface area contributed by atoms with Crippen LogP contribution in [0.25, 0.3) is 0 Å². The number of benzene rings is 1. The number of aromatic hydroxyl groups is 1. The molecule has 1 atom stereocenters. The van der Waals surface area contributed by atoms with Crippen LogP contribution in [0.1, 0.15) is 12.5 Å². The topological polar surface area (TPSA) is 63.3 Å². The molecule has 0 unspecified atom stereocenters. The van der Waals surface area contributed by atoms with Gasteiger partial charge in [-0.15, -0.1) is 0 Å². The van der Waals surface area contributed by atoms with Gasteiger partial charge in [-0.1, -0.05) is 12.1 Å². The van der Waals surface area contributed by atoms with Gasteiger partial charge in [0, 0.05) is 0 Å². The van der Waals surface area contributed by atoms with Crippen molar-refractivity contribution in [1.29, 1.82) is 0 Å². The first-order valence-corrected chi connectivity index (χ1v) is 4.07. The van der Waals surface area contributed by atoms with Gasteiger partial charge in [0.25, 0.3) is 0 Å². The van der Waals surface area contributed by atoms with Gasteiger partial charge in [-0.05, 0) is 31.0 Å². The molecule has 0 aromatic heterocycles. The maximum absolute atomic E-state index is 10.5. The van der Waals surface area contributed by atoms with E-state index in [0.29, 0.717) is 6.42 Å². The van der Waals surface area contributed by atoms with E-state index < -0.39 is 5.54 Å². The van der Waals surface area contributed by atoms with E-state index in [1.807, 2.05) is 0 Å². The van der Waals surface area contributed by atoms with E-state index in [1.54, 1.807) is 31.2 Å². The standard InChI is InChI=1S/C10H13NO2/c1-10(11,7-12)6-8-2-4-9(13)5-3-8/h2-5,7,13H,6,11H2,1H3/t10-/m1/s1. The van der Waals surface area contributed by atoms with Crippen LogP contribution in [-0.4, -0.2) is 16.9 Å². The van der Waals surface area contributed by atoms with E-state index >= 15 is 0 Å². The van der Waals surface area contributed by atoms with E-state index in [4.69, 9.17) is 10.8 Å². The molecule has 0 amide bonds. The monoisotopic (exact) mass is 179 g/mol. The summed E-state index contributed by atoms with van der Waals surface area (Å²) in [6, 6.07) is 6.67. The summed E-state index contributed by atoms with van der Waals surface area (Å²) < 4.78 is 0. The molecule has 0 aliphatic rings. The number of rotatable bonds is 3. The highest BCUT2D eigenvalue weighted by molar-refractivity contribution is 5.63. The Hall–Kier alpha value is -1.35. The fraction of sp³-hybridized carbons (Fsp3) is 0.300. The van der Waals surface area contributed by atoms with Crippen molar-refractivity contribution in [3.63, 3.8) is 0 Å². The van der Waals surface area contributed by atoms with Crippen molar-refractivity contribution in [2.45, 2.75) is 18.9 Å². The molecule has 0 aliphatic heterocycles. The third kappa shape index (κ3) is 2.87. The number of hydrogen-bond acceptors (Lipinski definition) is 3. The molecule has 3 N–H and O–H groups in total. The van der Waals surface area contributed by atoms with Crippen LogP contribution >= 0.6 is 0 Å². The summed E-state index contributed by atoms with van der Waals surface area (Å²) in [6.07, 6.45) is 1.22. The Morgan fingerprint density at radius 3 is 2.46 bits per heavy atom. The van der Waals surface area contributed by atoms with Crippen LogP contribution in [0.4, 0.5) is 0 Å². The minimum absolute atomic E-state index is 0.216. The van der Waals surface area contributed by atoms with Gasteiger partial charge < -0.3 is 15.6 Å². The number of nitrogens with two attached hydrogens (primary N) is 1. The highest BCUT2D eigenvalue weighted by Gasteiger charge is 2.17. The number of hydrogen-bond donors (Lipinski definition) is 2. The van der Waals surface area contributed by atoms with Crippen molar-refractivity contribution in [2.24, 2.45) is 5.73 Å². The summed E-state index contributed by atoms with van der Waals surface area (Å²) in [5.74, 6) is 0.216. The van der Waals surface area contributed by atoms with Crippen molar-refractivity contribution in [1.82, 2.24) is 0 Å². The molecule has 3 heteroatoms. The highest BCUT2D eigenvalue weighted by atomic mass is 16.3. The van der Waals surface area contributed by atoms with Crippen molar-refractivity contribution in [3.05, 3.63) is 29.8 Å². The molecule has 0 radical (unpaired) electrons. The van der Waals surface area contributed by atoms with Crippen LogP contribution in [0, 0.1) is 0 Å². The number of carbonyl (C=O) groups excluding carboxylic acids is 1. The molecule has 0 spiro atoms. The summed E-state index contributed by atoms with van der Waals surface area (Å²) in [4.78, 5) is 10.5. The Kier molecular flexibility index (Phi) is 2.68. The van der Waals surface area contributed by atoms with E-state index in [0.717, 1.165) is 11.8 Å². The summed E-state index contributed by atoms with van der Waals surface area (Å²) in [5.41, 5.74) is 5.77. The zero-order valence-electron chi connectivity index (χ0n) is 7.53. The van der Waals surface area contributed by atoms with Gasteiger partial charge >= 0.3 is 0 Å². The van der Waals surface area contributed by atoms with Gasteiger partial charge in [-0.25, -0.2) is 0 Å². The van der Waals surface area contributed by atoms with Crippen molar-refractivity contribution >= 4 is 6.29 Å². The SMILES string of the molecule is C[C@](N)(C=O)Cc1ccc(O)cc1. The fourth-order valence-corrected chi connectivity index (χ4v) is 1.10. The number of aldehydes is 1. The second-order valence-corrected chi connectivity index (χ2v) is 3.47. The lowest BCUT2D eigenvalue weighted by Gasteiger charge is -2.16. The first-order valence-electron chi connectivity index (χ1n) is 4.07. The normalized spacial score (nSPS) is 14.9. The first-order chi connectivity index (χ1) is 6.03. The van der Waals surface area contributed by atoms with E-state index in [9.17, 15) is 4.79 Å². The zero-order valence-corrected chi connectivity index (χ0v) is 7.53. The van der Waals surface area contributed by atoms with Gasteiger partial charge in [0.15, 0.2) is 0 Å². The largest absolute Gasteiger partial charge is 0.508 e. The van der Waals surface area contributed by atoms with Crippen molar-refractivity contribution in [3.8, 4) is 5.75 Å². The highest BCUT2D eigenvalue weighted by Crippen LogP contribution is 2.13. The van der Waals surface area contributed by atoms with Crippen molar-refractivity contribution in [2.75, 3.05) is 0 Å². The van der Waals surface area contributed by atoms with E-state index in [-0.39, 0.29) is 5.75 Å². The Bertz CT molecular complexity index is 290. The van der Waals surface area contributed by atoms with E-state index in [2.05, 4.69) is 0 Å². The summed E-state index contributed by atoms with van der Waals surface area (Å²) in [6.45, 7) is 1.67. The fourth-order valence-electron chi connectivity index (χ4n) is 1.10. The lowest BCUT2D eigenvalue weighted by molar-refractivity contribution is -0.111. The molecule has 70 valence electrons. The molecular weight excluding hydrogens is 166 g/mol. The van der Waals surface area contributed by atoms with Gasteiger partial charge in [-0.2, -0.15) is 0 Å². The molecule has 1 rings (SSSR count). The smallest absolute Gasteiger partial charge is 0.139 e. The molecule has 1 aromatic rings. The Morgan fingerprint density at radius 1 is 1.46 bits per heavy atom. The Labute approximate surface area is 77.2 Å². The maximum Gasteiger partial charge on any atom is 0.139 e. The molecule has 0 saturated carbocycles. The second-order valence-electron chi connectivity index (χ2n) is 3.47. The molecular formula is C10H13NO2. The number of phenols is 1. The average molecular weight is 179 g/mol. The Morgan fingerprint density at radius 2 is 2.00 bits per heavy atom. The number of phenolic OH excluding ortho intramolecular Hbond substituents is 1. The van der Waals surface area contributed by atoms with Crippen LogP contribution in [0.5, 0.6) is 5.75 Å². The second kappa shape index (κ2) is 3.58. The van der Waals surface area contributed by atoms with Crippen LogP contribution in [0.2, 0.25) is 0 Å². The molecule has 0 saturated heterocycles. The van der Waals surface area contributed by atoms with Crippen molar-refractivity contribution < 1.29 is 9.90 Å². The molecule has 0 fully saturated rings. The maximum atomic E-state index is 10.5. The van der Waals surface area contributed by atoms with Gasteiger partial charge in [0.05, 0.1) is 5.54 Å². The molecule has 13 heavy (non-hydrogen) atoms. The van der Waals surface area contributed by atoms with Crippen LogP contribution in [-0.2, 0) is 11.2 Å². The van der Waals surface area contributed by atoms with Gasteiger partial charge in [0.1, 0.15) is 12.0 Å². The predicted octanol–water partition coefficient (Wildman–Crippen LogP) is 0.851. The predicted molar refractivity (Wildman–Crippen MR) is 50.5 cm³/mol. The quantitative estimate of drug-likeness (QED) is 0.676. The van der Waals surface area contributed by atoms with Crippen LogP contribution in [0.3, 0.4) is 0 Å². The third-order valence-corrected chi connectivity index (χ3v) is 1.79. The van der Waals surface area contributed by atoms with Gasteiger partial charge in [-0.3, -0.25) is 0 Å². The first kappa shape index (κ1) is 9.74. The zero-order chi connectivity index (χ0) is 9.90. The lowest BCUT2D eigenvalue weighted by atomic mass is 9.96. The lowest BCUT2D eigenvalue weighted by Crippen LogP contribution is -2.40. The summed E-state index contributed by atoms with van der Waals surface area (Å²) >= 11 is 0. The van der Waals surface area contributed by atoms with E-state index in [1.165, 1.54) is 0 Å². The summed E-state index contributed by atoms with van der Waals surface area (Å²) in [7, 11) is 0. The average Bonchev–Trinajstić information content (AvgIpc) is 2.09. The van der Waals surface area contributed by atoms with Crippen LogP contribution in [0.15, 0.2) is 24.3 Å². The summed E-state index contributed by atoms with van der Waals surface area (Å²) in [5, 5.41) is 9.01. The minimum atomic E-state index is -0.822. The molecule has 1 aromatic carbocycles. The molecule has 0 aliphatic carbocycles. The third-order valence-electron chi connectivity index (χ3n) is 1.79. The molecule has 3 nitrogen and oxygen atoms in total. The van der Waals surface area contributed by atoms with Gasteiger partial charge in [0.2, 0.25) is 0 Å².